The lowest BCUT2D eigenvalue weighted by molar-refractivity contribution is 0.227. The summed E-state index contributed by atoms with van der Waals surface area (Å²) >= 11 is 0. The molecule has 2 unspecified atom stereocenters. The number of allylic oxidation sites excluding steroid dienone is 1. The molecule has 3 N–H and O–H groups in total. The third kappa shape index (κ3) is 3.19. The van der Waals surface area contributed by atoms with Crippen LogP contribution in [0.4, 0.5) is 10.2 Å². The highest BCUT2D eigenvalue weighted by Gasteiger charge is 2.32. The van der Waals surface area contributed by atoms with E-state index in [1.807, 2.05) is 26.0 Å². The van der Waals surface area contributed by atoms with E-state index in [9.17, 15) is 9.65 Å². The van der Waals surface area contributed by atoms with Crippen molar-refractivity contribution in [3.63, 3.8) is 0 Å². The number of nitriles is 1. The molecular weight excluding hydrogens is 407 g/mol. The molecule has 0 radical (unpaired) electrons. The van der Waals surface area contributed by atoms with Crippen LogP contribution in [-0.2, 0) is 6.54 Å². The Kier molecular flexibility index (Phi) is 4.67. The van der Waals surface area contributed by atoms with Crippen LogP contribution in [0.2, 0.25) is 0 Å². The number of anilines is 1. The van der Waals surface area contributed by atoms with Crippen LogP contribution in [0.1, 0.15) is 36.6 Å². The third-order valence-electron chi connectivity index (χ3n) is 5.85. The van der Waals surface area contributed by atoms with Crippen LogP contribution in [0, 0.1) is 17.1 Å². The molecule has 5 rings (SSSR count). The minimum absolute atomic E-state index is 0.135. The number of hydrogen-bond donors (Lipinski definition) is 2. The van der Waals surface area contributed by atoms with Gasteiger partial charge in [0.05, 0.1) is 17.6 Å². The monoisotopic (exact) mass is 428 g/mol. The topological polar surface area (TPSA) is 100 Å². The Labute approximate surface area is 185 Å². The molecule has 3 aromatic rings. The van der Waals surface area contributed by atoms with E-state index in [1.54, 1.807) is 24.5 Å². The first-order valence-electron chi connectivity index (χ1n) is 10.3. The zero-order valence-corrected chi connectivity index (χ0v) is 17.6. The van der Waals surface area contributed by atoms with Gasteiger partial charge >= 0.3 is 0 Å². The minimum atomic E-state index is -0.518. The Balaban J connectivity index is 1.79. The first-order chi connectivity index (χ1) is 15.5. The quantitative estimate of drug-likeness (QED) is 0.559. The number of fused-ring (bicyclic) bond motifs is 7. The standard InChI is InChI=1S/C24H21FN6O/c1-13-19-9-17(25)5-6-18(19)22-15(4-3-7-28-22)12-31-14(2)30-20(10-26)23(31)16-8-21(32-13)24(27)29-11-16/h3-9,11,13-14,30H,12H2,1-2H3,(H2,27,29). The highest BCUT2D eigenvalue weighted by atomic mass is 19.1. The van der Waals surface area contributed by atoms with Crippen molar-refractivity contribution in [1.82, 2.24) is 20.2 Å². The van der Waals surface area contributed by atoms with Gasteiger partial charge in [0.15, 0.2) is 11.6 Å². The number of ether oxygens (including phenoxy) is 1. The summed E-state index contributed by atoms with van der Waals surface area (Å²) in [5.41, 5.74) is 11.1. The van der Waals surface area contributed by atoms with E-state index in [4.69, 9.17) is 10.5 Å². The largest absolute Gasteiger partial charge is 0.482 e. The Morgan fingerprint density at radius 1 is 1.25 bits per heavy atom. The zero-order chi connectivity index (χ0) is 22.4. The number of halogens is 1. The van der Waals surface area contributed by atoms with Gasteiger partial charge in [-0.25, -0.2) is 9.37 Å². The number of nitrogens with zero attached hydrogens (tertiary/aromatic N) is 4. The molecule has 0 saturated heterocycles. The predicted molar refractivity (Wildman–Crippen MR) is 118 cm³/mol. The highest BCUT2D eigenvalue weighted by Crippen LogP contribution is 2.39. The van der Waals surface area contributed by atoms with E-state index < -0.39 is 6.10 Å². The van der Waals surface area contributed by atoms with Crippen molar-refractivity contribution in [3.8, 4) is 23.1 Å². The summed E-state index contributed by atoms with van der Waals surface area (Å²) < 4.78 is 20.4. The summed E-state index contributed by atoms with van der Waals surface area (Å²) in [4.78, 5) is 11.0. The Bertz CT molecular complexity index is 1300. The van der Waals surface area contributed by atoms with Gasteiger partial charge in [-0.3, -0.25) is 4.98 Å². The molecule has 160 valence electrons. The van der Waals surface area contributed by atoms with Crippen molar-refractivity contribution in [2.45, 2.75) is 32.7 Å². The van der Waals surface area contributed by atoms with Crippen LogP contribution in [0.25, 0.3) is 17.0 Å². The predicted octanol–water partition coefficient (Wildman–Crippen LogP) is 3.96. The van der Waals surface area contributed by atoms with E-state index in [0.717, 1.165) is 22.5 Å². The van der Waals surface area contributed by atoms with Gasteiger partial charge in [-0.2, -0.15) is 5.26 Å². The van der Waals surface area contributed by atoms with Crippen molar-refractivity contribution >= 4 is 11.5 Å². The average Bonchev–Trinajstić information content (AvgIpc) is 3.10. The van der Waals surface area contributed by atoms with Gasteiger partial charge in [0.2, 0.25) is 0 Å². The van der Waals surface area contributed by atoms with Gasteiger partial charge in [-0.15, -0.1) is 0 Å². The second-order valence-corrected chi connectivity index (χ2v) is 7.89. The number of aromatic nitrogens is 2. The third-order valence-corrected chi connectivity index (χ3v) is 5.85. The normalized spacial score (nSPS) is 19.4. The Morgan fingerprint density at radius 3 is 2.91 bits per heavy atom. The summed E-state index contributed by atoms with van der Waals surface area (Å²) in [6, 6.07) is 12.5. The van der Waals surface area contributed by atoms with E-state index >= 15 is 0 Å². The first kappa shape index (κ1) is 19.8. The first-order valence-corrected chi connectivity index (χ1v) is 10.3. The number of pyridine rings is 2. The Morgan fingerprint density at radius 2 is 2.09 bits per heavy atom. The Hall–Kier alpha value is -4.12. The van der Waals surface area contributed by atoms with E-state index in [0.29, 0.717) is 29.1 Å². The molecule has 0 saturated carbocycles. The van der Waals surface area contributed by atoms with Crippen LogP contribution < -0.4 is 15.8 Å². The van der Waals surface area contributed by atoms with Crippen molar-refractivity contribution < 1.29 is 9.13 Å². The van der Waals surface area contributed by atoms with Crippen LogP contribution in [0.5, 0.6) is 5.75 Å². The molecule has 7 nitrogen and oxygen atoms in total. The van der Waals surface area contributed by atoms with E-state index in [2.05, 4.69) is 26.3 Å². The maximum absolute atomic E-state index is 14.2. The summed E-state index contributed by atoms with van der Waals surface area (Å²) in [5, 5.41) is 13.0. The fraction of sp³-hybridized carbons (Fsp3) is 0.208. The van der Waals surface area contributed by atoms with Gasteiger partial charge in [0, 0.05) is 35.6 Å². The fourth-order valence-electron chi connectivity index (χ4n) is 4.31. The lowest BCUT2D eigenvalue weighted by atomic mass is 9.96. The molecule has 0 amide bonds. The molecule has 2 aliphatic heterocycles. The summed E-state index contributed by atoms with van der Waals surface area (Å²) in [7, 11) is 0. The lowest BCUT2D eigenvalue weighted by Crippen LogP contribution is -2.34. The minimum Gasteiger partial charge on any atom is -0.482 e. The molecule has 2 atom stereocenters. The van der Waals surface area contributed by atoms with Crippen LogP contribution in [0.15, 0.2) is 54.5 Å². The highest BCUT2D eigenvalue weighted by molar-refractivity contribution is 5.75. The number of rotatable bonds is 0. The number of benzene rings is 1. The average molecular weight is 428 g/mol. The van der Waals surface area contributed by atoms with Crippen molar-refractivity contribution in [3.05, 3.63) is 77.0 Å². The molecule has 2 aliphatic rings. The van der Waals surface area contributed by atoms with Crippen LogP contribution >= 0.6 is 0 Å². The van der Waals surface area contributed by atoms with Crippen molar-refractivity contribution in [2.24, 2.45) is 0 Å². The van der Waals surface area contributed by atoms with Gasteiger partial charge in [0.25, 0.3) is 0 Å². The molecule has 4 heterocycles. The van der Waals surface area contributed by atoms with Crippen LogP contribution in [-0.4, -0.2) is 21.0 Å². The second kappa shape index (κ2) is 7.54. The molecular formula is C24H21FN6O. The molecule has 32 heavy (non-hydrogen) atoms. The fourth-order valence-corrected chi connectivity index (χ4v) is 4.31. The van der Waals surface area contributed by atoms with Crippen molar-refractivity contribution in [2.75, 3.05) is 5.73 Å². The molecule has 8 heteroatoms. The SMILES string of the molecule is CC1Oc2cc(cnc2N)C2=C(C#N)NC(C)N2Cc2cccnc2-c2ccc(F)cc21. The van der Waals surface area contributed by atoms with Gasteiger partial charge in [-0.1, -0.05) is 6.07 Å². The molecule has 0 fully saturated rings. The summed E-state index contributed by atoms with van der Waals surface area (Å²) in [6.07, 6.45) is 2.70. The molecule has 0 aliphatic carbocycles. The molecule has 2 aromatic heterocycles. The maximum Gasteiger partial charge on any atom is 0.166 e. The van der Waals surface area contributed by atoms with Crippen LogP contribution in [0.3, 0.4) is 0 Å². The molecule has 1 aromatic carbocycles. The number of nitrogens with two attached hydrogens (primary N) is 1. The van der Waals surface area contributed by atoms with Gasteiger partial charge in [0.1, 0.15) is 23.7 Å². The lowest BCUT2D eigenvalue weighted by Gasteiger charge is -2.29. The number of nitrogens with one attached hydrogen (secondary N) is 1. The second-order valence-electron chi connectivity index (χ2n) is 7.89. The maximum atomic E-state index is 14.2. The summed E-state index contributed by atoms with van der Waals surface area (Å²) in [6.45, 7) is 4.31. The van der Waals surface area contributed by atoms with E-state index in [-0.39, 0.29) is 17.8 Å². The number of hydrogen-bond acceptors (Lipinski definition) is 7. The van der Waals surface area contributed by atoms with Gasteiger partial charge in [-0.05, 0) is 49.7 Å². The van der Waals surface area contributed by atoms with Crippen molar-refractivity contribution in [1.29, 1.82) is 5.26 Å². The molecule has 0 spiro atoms. The number of nitrogen functional groups attached to an aromatic ring is 1. The van der Waals surface area contributed by atoms with E-state index in [1.165, 1.54) is 12.1 Å². The summed E-state index contributed by atoms with van der Waals surface area (Å²) in [5.74, 6) is 0.236. The molecule has 2 bridgehead atoms. The zero-order valence-electron chi connectivity index (χ0n) is 17.6. The van der Waals surface area contributed by atoms with Gasteiger partial charge < -0.3 is 20.7 Å². The smallest absolute Gasteiger partial charge is 0.166 e.